The molecule has 2 heterocycles. The molecule has 1 amide bonds. The van der Waals surface area contributed by atoms with Gasteiger partial charge < -0.3 is 14.5 Å². The van der Waals surface area contributed by atoms with Crippen LogP contribution < -0.4 is 4.90 Å². The molecular weight excluding hydrogens is 342 g/mol. The zero-order chi connectivity index (χ0) is 14.8. The fraction of sp³-hybridized carbons (Fsp3) is 0.692. The zero-order valence-electron chi connectivity index (χ0n) is 12.1. The van der Waals surface area contributed by atoms with Gasteiger partial charge in [-0.25, -0.2) is 9.78 Å². The Morgan fingerprint density at radius 2 is 2.10 bits per heavy atom. The molecular formula is C13H20BrN3O2S. The van der Waals surface area contributed by atoms with Crippen molar-refractivity contribution in [3.05, 3.63) is 9.98 Å². The summed E-state index contributed by atoms with van der Waals surface area (Å²) in [5, 5.41) is 1.00. The summed E-state index contributed by atoms with van der Waals surface area (Å²) in [4.78, 5) is 20.5. The second kappa shape index (κ2) is 6.30. The number of anilines is 1. The van der Waals surface area contributed by atoms with Crippen LogP contribution in [0.1, 0.15) is 27.2 Å². The van der Waals surface area contributed by atoms with Crippen LogP contribution >= 0.6 is 27.3 Å². The third kappa shape index (κ3) is 4.34. The summed E-state index contributed by atoms with van der Waals surface area (Å²) in [5.41, 5.74) is -0.441. The van der Waals surface area contributed by atoms with Gasteiger partial charge in [-0.05, 0) is 43.1 Å². The molecule has 1 aliphatic heterocycles. The Morgan fingerprint density at radius 3 is 2.70 bits per heavy atom. The fourth-order valence-corrected chi connectivity index (χ4v) is 3.24. The number of halogens is 1. The van der Waals surface area contributed by atoms with Crippen molar-refractivity contribution in [2.24, 2.45) is 0 Å². The van der Waals surface area contributed by atoms with E-state index in [0.717, 1.165) is 35.0 Å². The second-order valence-electron chi connectivity index (χ2n) is 5.75. The van der Waals surface area contributed by atoms with Crippen molar-refractivity contribution < 1.29 is 9.53 Å². The highest BCUT2D eigenvalue weighted by Gasteiger charge is 2.25. The maximum atomic E-state index is 12.1. The lowest BCUT2D eigenvalue weighted by Crippen LogP contribution is -2.39. The van der Waals surface area contributed by atoms with E-state index in [4.69, 9.17) is 4.74 Å². The van der Waals surface area contributed by atoms with E-state index in [-0.39, 0.29) is 6.09 Å². The molecule has 1 saturated heterocycles. The second-order valence-corrected chi connectivity index (χ2v) is 8.14. The van der Waals surface area contributed by atoms with Gasteiger partial charge in [0.2, 0.25) is 0 Å². The van der Waals surface area contributed by atoms with Crippen LogP contribution in [-0.4, -0.2) is 47.8 Å². The van der Waals surface area contributed by atoms with Crippen molar-refractivity contribution in [1.82, 2.24) is 9.88 Å². The predicted octanol–water partition coefficient (Wildman–Crippen LogP) is 3.35. The highest BCUT2D eigenvalue weighted by Crippen LogP contribution is 2.27. The molecule has 0 radical (unpaired) electrons. The molecule has 0 N–H and O–H groups in total. The van der Waals surface area contributed by atoms with E-state index in [9.17, 15) is 4.79 Å². The van der Waals surface area contributed by atoms with E-state index in [1.807, 2.05) is 27.0 Å². The molecule has 0 bridgehead atoms. The molecule has 0 unspecified atom stereocenters. The predicted molar refractivity (Wildman–Crippen MR) is 84.5 cm³/mol. The van der Waals surface area contributed by atoms with Crippen LogP contribution in [-0.2, 0) is 4.74 Å². The van der Waals surface area contributed by atoms with E-state index < -0.39 is 5.60 Å². The molecule has 7 heteroatoms. The molecule has 0 atom stereocenters. The van der Waals surface area contributed by atoms with Gasteiger partial charge in [0, 0.05) is 26.2 Å². The first-order valence-electron chi connectivity index (χ1n) is 6.69. The van der Waals surface area contributed by atoms with Crippen LogP contribution in [0, 0.1) is 0 Å². The van der Waals surface area contributed by atoms with Gasteiger partial charge in [-0.1, -0.05) is 11.3 Å². The minimum absolute atomic E-state index is 0.223. The van der Waals surface area contributed by atoms with Gasteiger partial charge in [0.1, 0.15) is 5.60 Å². The average molecular weight is 362 g/mol. The molecule has 1 aromatic rings. The summed E-state index contributed by atoms with van der Waals surface area (Å²) >= 11 is 5.05. The molecule has 1 fully saturated rings. The largest absolute Gasteiger partial charge is 0.444 e. The Balaban J connectivity index is 1.94. The molecule has 0 saturated carbocycles. The Bertz CT molecular complexity index is 472. The number of rotatable bonds is 1. The highest BCUT2D eigenvalue weighted by molar-refractivity contribution is 9.11. The third-order valence-corrected chi connectivity index (χ3v) is 4.42. The van der Waals surface area contributed by atoms with Gasteiger partial charge in [0.15, 0.2) is 5.13 Å². The summed E-state index contributed by atoms with van der Waals surface area (Å²) in [7, 11) is 0. The van der Waals surface area contributed by atoms with E-state index in [1.165, 1.54) is 0 Å². The van der Waals surface area contributed by atoms with Gasteiger partial charge >= 0.3 is 6.09 Å². The fourth-order valence-electron chi connectivity index (χ4n) is 2.01. The molecule has 20 heavy (non-hydrogen) atoms. The summed E-state index contributed by atoms with van der Waals surface area (Å²) in [5.74, 6) is 0. The monoisotopic (exact) mass is 361 g/mol. The maximum Gasteiger partial charge on any atom is 0.410 e. The average Bonchev–Trinajstić information content (AvgIpc) is 2.62. The Labute approximate surface area is 132 Å². The minimum atomic E-state index is -0.441. The van der Waals surface area contributed by atoms with E-state index >= 15 is 0 Å². The number of aromatic nitrogens is 1. The van der Waals surface area contributed by atoms with Crippen LogP contribution in [0.3, 0.4) is 0 Å². The lowest BCUT2D eigenvalue weighted by Gasteiger charge is -2.26. The number of ether oxygens (including phenoxy) is 1. The van der Waals surface area contributed by atoms with Crippen molar-refractivity contribution in [2.75, 3.05) is 31.1 Å². The summed E-state index contributed by atoms with van der Waals surface area (Å²) in [6.45, 7) is 8.79. The zero-order valence-corrected chi connectivity index (χ0v) is 14.5. The smallest absolute Gasteiger partial charge is 0.410 e. The topological polar surface area (TPSA) is 45.7 Å². The van der Waals surface area contributed by atoms with E-state index in [1.54, 1.807) is 16.2 Å². The van der Waals surface area contributed by atoms with E-state index in [2.05, 4.69) is 25.8 Å². The number of hydrogen-bond donors (Lipinski definition) is 0. The number of hydrogen-bond acceptors (Lipinski definition) is 5. The van der Waals surface area contributed by atoms with Crippen molar-refractivity contribution in [1.29, 1.82) is 0 Å². The normalized spacial score (nSPS) is 17.0. The molecule has 1 aliphatic rings. The minimum Gasteiger partial charge on any atom is -0.444 e. The van der Waals surface area contributed by atoms with Gasteiger partial charge in [-0.15, -0.1) is 0 Å². The summed E-state index contributed by atoms with van der Waals surface area (Å²) in [6.07, 6.45) is 2.52. The van der Waals surface area contributed by atoms with Crippen molar-refractivity contribution in [2.45, 2.75) is 32.8 Å². The number of carbonyl (C=O) groups is 1. The highest BCUT2D eigenvalue weighted by atomic mass is 79.9. The van der Waals surface area contributed by atoms with Crippen LogP contribution in [0.5, 0.6) is 0 Å². The number of nitrogens with zero attached hydrogens (tertiary/aromatic N) is 3. The van der Waals surface area contributed by atoms with Crippen LogP contribution in [0.15, 0.2) is 9.98 Å². The molecule has 0 spiro atoms. The first kappa shape index (κ1) is 15.6. The van der Waals surface area contributed by atoms with Crippen molar-refractivity contribution in [3.8, 4) is 0 Å². The molecule has 0 aliphatic carbocycles. The standard InChI is InChI=1S/C13H20BrN3O2S/c1-13(2,3)19-12(18)17-6-4-5-16(7-8-17)11-15-9-10(14)20-11/h9H,4-8H2,1-3H3. The molecule has 2 rings (SSSR count). The first-order valence-corrected chi connectivity index (χ1v) is 8.30. The Morgan fingerprint density at radius 1 is 1.35 bits per heavy atom. The van der Waals surface area contributed by atoms with Gasteiger partial charge in [-0.3, -0.25) is 0 Å². The number of thiazole rings is 1. The summed E-state index contributed by atoms with van der Waals surface area (Å²) < 4.78 is 6.45. The van der Waals surface area contributed by atoms with Crippen LogP contribution in [0.2, 0.25) is 0 Å². The first-order chi connectivity index (χ1) is 9.35. The molecule has 5 nitrogen and oxygen atoms in total. The Hall–Kier alpha value is -0.820. The maximum absolute atomic E-state index is 12.1. The number of amides is 1. The third-order valence-electron chi connectivity index (χ3n) is 2.88. The Kier molecular flexibility index (Phi) is 4.90. The quantitative estimate of drug-likeness (QED) is 0.769. The van der Waals surface area contributed by atoms with Gasteiger partial charge in [-0.2, -0.15) is 0 Å². The van der Waals surface area contributed by atoms with Crippen molar-refractivity contribution >= 4 is 38.5 Å². The van der Waals surface area contributed by atoms with Crippen LogP contribution in [0.4, 0.5) is 9.93 Å². The lowest BCUT2D eigenvalue weighted by atomic mass is 10.2. The SMILES string of the molecule is CC(C)(C)OC(=O)N1CCCN(c2ncc(Br)s2)CC1. The molecule has 0 aromatic carbocycles. The van der Waals surface area contributed by atoms with Crippen LogP contribution in [0.25, 0.3) is 0 Å². The van der Waals surface area contributed by atoms with Gasteiger partial charge in [0.05, 0.1) is 9.98 Å². The molecule has 112 valence electrons. The van der Waals surface area contributed by atoms with E-state index in [0.29, 0.717) is 6.54 Å². The summed E-state index contributed by atoms with van der Waals surface area (Å²) in [6, 6.07) is 0. The van der Waals surface area contributed by atoms with Gasteiger partial charge in [0.25, 0.3) is 0 Å². The number of carbonyl (C=O) groups excluding carboxylic acids is 1. The lowest BCUT2D eigenvalue weighted by molar-refractivity contribution is 0.0263. The molecule has 1 aromatic heterocycles. The van der Waals surface area contributed by atoms with Crippen molar-refractivity contribution in [3.63, 3.8) is 0 Å².